The van der Waals surface area contributed by atoms with Gasteiger partial charge in [-0.25, -0.2) is 4.98 Å². The Labute approximate surface area is 204 Å². The van der Waals surface area contributed by atoms with Crippen LogP contribution in [-0.2, 0) is 6.54 Å². The van der Waals surface area contributed by atoms with E-state index in [1.165, 1.54) is 25.7 Å². The molecule has 182 valence electrons. The summed E-state index contributed by atoms with van der Waals surface area (Å²) in [6.07, 6.45) is 14.6. The van der Waals surface area contributed by atoms with Gasteiger partial charge < -0.3 is 25.4 Å². The molecule has 6 rings (SSSR count). The minimum absolute atomic E-state index is 0.239. The average Bonchev–Trinajstić information content (AvgIpc) is 3.65. The topological polar surface area (TPSA) is 120 Å². The average molecular weight is 473 g/mol. The van der Waals surface area contributed by atoms with E-state index in [-0.39, 0.29) is 6.04 Å². The molecule has 2 saturated carbocycles. The summed E-state index contributed by atoms with van der Waals surface area (Å²) in [5.74, 6) is 2.15. The van der Waals surface area contributed by atoms with Gasteiger partial charge in [0.1, 0.15) is 5.69 Å². The van der Waals surface area contributed by atoms with E-state index in [1.807, 2.05) is 30.7 Å². The zero-order chi connectivity index (χ0) is 23.6. The fraction of sp³-hybridized carbons (Fsp3) is 0.462. The second-order valence-corrected chi connectivity index (χ2v) is 9.81. The third-order valence-electron chi connectivity index (χ3n) is 7.25. The quantitative estimate of drug-likeness (QED) is 0.348. The first kappa shape index (κ1) is 22.0. The highest BCUT2D eigenvalue weighted by atomic mass is 16.3. The van der Waals surface area contributed by atoms with Gasteiger partial charge in [0, 0.05) is 30.9 Å². The maximum absolute atomic E-state index is 6.22. The minimum atomic E-state index is 0.239. The molecule has 0 amide bonds. The number of anilines is 2. The Morgan fingerprint density at radius 2 is 1.94 bits per heavy atom. The molecule has 2 aliphatic rings. The Hall–Kier alpha value is -3.46. The molecule has 0 radical (unpaired) electrons. The van der Waals surface area contributed by atoms with Crippen molar-refractivity contribution < 1.29 is 4.42 Å². The van der Waals surface area contributed by atoms with Crippen molar-refractivity contribution in [2.45, 2.75) is 76.0 Å². The lowest BCUT2D eigenvalue weighted by Gasteiger charge is -2.27. The normalized spacial score (nSPS) is 20.9. The van der Waals surface area contributed by atoms with Crippen molar-refractivity contribution >= 4 is 22.9 Å². The van der Waals surface area contributed by atoms with Crippen LogP contribution in [0.2, 0.25) is 0 Å². The molecule has 2 aliphatic carbocycles. The molecule has 4 aromatic rings. The number of nitrogens with two attached hydrogens (primary N) is 1. The summed E-state index contributed by atoms with van der Waals surface area (Å²) in [5.41, 5.74) is 9.79. The molecule has 9 nitrogen and oxygen atoms in total. The first-order valence-corrected chi connectivity index (χ1v) is 12.7. The molecule has 0 spiro atoms. The van der Waals surface area contributed by atoms with Crippen molar-refractivity contribution in [3.63, 3.8) is 0 Å². The number of imidazole rings is 1. The van der Waals surface area contributed by atoms with E-state index in [1.54, 1.807) is 6.26 Å². The highest BCUT2D eigenvalue weighted by Gasteiger charge is 2.24. The summed E-state index contributed by atoms with van der Waals surface area (Å²) < 4.78 is 7.69. The van der Waals surface area contributed by atoms with Gasteiger partial charge in [-0.1, -0.05) is 18.9 Å². The summed E-state index contributed by atoms with van der Waals surface area (Å²) in [7, 11) is 0. The molecule has 0 saturated heterocycles. The van der Waals surface area contributed by atoms with E-state index >= 15 is 0 Å². The highest BCUT2D eigenvalue weighted by molar-refractivity contribution is 5.84. The molecule has 2 fully saturated rings. The molecule has 2 unspecified atom stereocenters. The van der Waals surface area contributed by atoms with Gasteiger partial charge in [0.05, 0.1) is 12.6 Å². The third kappa shape index (κ3) is 4.73. The van der Waals surface area contributed by atoms with Crippen LogP contribution in [0.5, 0.6) is 0 Å². The predicted octanol–water partition coefficient (Wildman–Crippen LogP) is 4.89. The number of aromatic nitrogens is 5. The minimum Gasteiger partial charge on any atom is -0.463 e. The zero-order valence-corrected chi connectivity index (χ0v) is 19.9. The Morgan fingerprint density at radius 3 is 2.71 bits per heavy atom. The van der Waals surface area contributed by atoms with Crippen molar-refractivity contribution in [1.82, 2.24) is 24.5 Å². The van der Waals surface area contributed by atoms with Gasteiger partial charge in [-0.15, -0.1) is 0 Å². The van der Waals surface area contributed by atoms with Crippen LogP contribution in [0.1, 0.15) is 63.0 Å². The summed E-state index contributed by atoms with van der Waals surface area (Å²) in [4.78, 5) is 19.0. The monoisotopic (exact) mass is 472 g/mol. The fourth-order valence-corrected chi connectivity index (χ4v) is 5.38. The molecule has 9 heteroatoms. The largest absolute Gasteiger partial charge is 0.463 e. The lowest BCUT2D eigenvalue weighted by Crippen LogP contribution is -2.35. The van der Waals surface area contributed by atoms with Crippen LogP contribution in [0.3, 0.4) is 0 Å². The molecule has 0 aliphatic heterocycles. The Bertz CT molecular complexity index is 1260. The first-order chi connectivity index (χ1) is 17.2. The molecular formula is C26H32N8O. The number of nitrogens with one attached hydrogen (secondary N) is 2. The van der Waals surface area contributed by atoms with E-state index in [0.29, 0.717) is 24.6 Å². The number of hydrogen-bond donors (Lipinski definition) is 3. The molecular weight excluding hydrogens is 440 g/mol. The van der Waals surface area contributed by atoms with E-state index < -0.39 is 0 Å². The van der Waals surface area contributed by atoms with Crippen molar-refractivity contribution in [2.24, 2.45) is 5.73 Å². The van der Waals surface area contributed by atoms with Gasteiger partial charge in [-0.2, -0.15) is 9.97 Å². The second kappa shape index (κ2) is 9.65. The second-order valence-electron chi connectivity index (χ2n) is 9.81. The van der Waals surface area contributed by atoms with Crippen LogP contribution in [0.4, 0.5) is 11.8 Å². The summed E-state index contributed by atoms with van der Waals surface area (Å²) in [6, 6.07) is 8.79. The highest BCUT2D eigenvalue weighted by Crippen LogP contribution is 2.33. The van der Waals surface area contributed by atoms with E-state index in [4.69, 9.17) is 25.1 Å². The first-order valence-electron chi connectivity index (χ1n) is 12.7. The van der Waals surface area contributed by atoms with Crippen molar-refractivity contribution in [1.29, 1.82) is 0 Å². The van der Waals surface area contributed by atoms with E-state index in [0.717, 1.165) is 59.7 Å². The molecule has 0 bridgehead atoms. The number of pyridine rings is 1. The molecule has 4 aromatic heterocycles. The van der Waals surface area contributed by atoms with Gasteiger partial charge in [-0.05, 0) is 62.3 Å². The van der Waals surface area contributed by atoms with Gasteiger partial charge in [0.2, 0.25) is 5.95 Å². The number of nitrogens with zero attached hydrogens (tertiary/aromatic N) is 5. The zero-order valence-electron chi connectivity index (χ0n) is 19.9. The third-order valence-corrected chi connectivity index (χ3v) is 7.25. The molecule has 4 heterocycles. The number of hydrogen-bond acceptors (Lipinski definition) is 8. The Balaban J connectivity index is 1.26. The van der Waals surface area contributed by atoms with Crippen LogP contribution in [0.25, 0.3) is 22.6 Å². The SMILES string of the molecule is NC1CCCC(Nc2nc(NCc3ccc(-c4ccco4)nc3)c3ncn(C4CCCC4)c3n2)C1. The smallest absolute Gasteiger partial charge is 0.227 e. The van der Waals surface area contributed by atoms with Crippen molar-refractivity contribution in [2.75, 3.05) is 10.6 Å². The van der Waals surface area contributed by atoms with Crippen LogP contribution in [0.15, 0.2) is 47.5 Å². The van der Waals surface area contributed by atoms with E-state index in [2.05, 4.69) is 26.3 Å². The molecule has 2 atom stereocenters. The summed E-state index contributed by atoms with van der Waals surface area (Å²) in [5, 5.41) is 7.06. The van der Waals surface area contributed by atoms with Crippen molar-refractivity contribution in [3.05, 3.63) is 48.6 Å². The molecule has 35 heavy (non-hydrogen) atoms. The van der Waals surface area contributed by atoms with Crippen LogP contribution < -0.4 is 16.4 Å². The fourth-order valence-electron chi connectivity index (χ4n) is 5.38. The number of rotatable bonds is 7. The van der Waals surface area contributed by atoms with Gasteiger partial charge in [0.25, 0.3) is 0 Å². The van der Waals surface area contributed by atoms with Gasteiger partial charge >= 0.3 is 0 Å². The lowest BCUT2D eigenvalue weighted by atomic mass is 9.92. The number of furan rings is 1. The predicted molar refractivity (Wildman–Crippen MR) is 136 cm³/mol. The lowest BCUT2D eigenvalue weighted by molar-refractivity contribution is 0.408. The summed E-state index contributed by atoms with van der Waals surface area (Å²) in [6.45, 7) is 0.585. The van der Waals surface area contributed by atoms with Crippen LogP contribution >= 0.6 is 0 Å². The maximum atomic E-state index is 6.22. The number of fused-ring (bicyclic) bond motifs is 1. The standard InChI is InChI=1S/C26H32N8O/c27-18-5-3-6-19(13-18)31-26-32-24(23-25(33-26)34(16-30-23)20-7-1-2-8-20)29-15-17-10-11-21(28-14-17)22-9-4-12-35-22/h4,9-12,14,16,18-20H,1-3,5-8,13,15,27H2,(H2,29,31,32,33). The van der Waals surface area contributed by atoms with Gasteiger partial charge in [-0.3, -0.25) is 4.98 Å². The summed E-state index contributed by atoms with van der Waals surface area (Å²) >= 11 is 0. The molecule has 0 aromatic carbocycles. The Morgan fingerprint density at radius 1 is 1.03 bits per heavy atom. The maximum Gasteiger partial charge on any atom is 0.227 e. The molecule has 4 N–H and O–H groups in total. The van der Waals surface area contributed by atoms with Crippen LogP contribution in [0, 0.1) is 0 Å². The van der Waals surface area contributed by atoms with Crippen LogP contribution in [-0.4, -0.2) is 36.6 Å². The van der Waals surface area contributed by atoms with Gasteiger partial charge in [0.15, 0.2) is 22.7 Å². The van der Waals surface area contributed by atoms with E-state index in [9.17, 15) is 0 Å². The van der Waals surface area contributed by atoms with Crippen molar-refractivity contribution in [3.8, 4) is 11.5 Å². The Kier molecular flexibility index (Phi) is 6.08.